The van der Waals surface area contributed by atoms with Crippen molar-refractivity contribution in [2.45, 2.75) is 26.8 Å². The van der Waals surface area contributed by atoms with Crippen LogP contribution in [0, 0.1) is 13.8 Å². The van der Waals surface area contributed by atoms with E-state index in [-0.39, 0.29) is 0 Å². The molecule has 1 amide bonds. The first-order chi connectivity index (χ1) is 13.1. The van der Waals surface area contributed by atoms with Crippen molar-refractivity contribution >= 4 is 27.3 Å². The Kier molecular flexibility index (Phi) is 6.56. The van der Waals surface area contributed by atoms with Gasteiger partial charge in [-0.2, -0.15) is 0 Å². The number of benzene rings is 2. The van der Waals surface area contributed by atoms with Crippen LogP contribution < -0.4 is 19.1 Å². The molecule has 0 saturated heterocycles. The van der Waals surface area contributed by atoms with Crippen LogP contribution in [0.4, 0.5) is 11.4 Å². The molecule has 0 heterocycles. The van der Waals surface area contributed by atoms with Gasteiger partial charge in [-0.3, -0.25) is 9.10 Å². The number of methoxy groups -OCH3 is 2. The number of anilines is 2. The molecule has 152 valence electrons. The van der Waals surface area contributed by atoms with Crippen molar-refractivity contribution in [2.24, 2.45) is 0 Å². The van der Waals surface area contributed by atoms with Crippen molar-refractivity contribution in [1.29, 1.82) is 0 Å². The standard InChI is InChI=1S/C20H26N2O5S/c1-13-7-8-16(11-14(13)2)22(28(6,24)25)15(3)20(23)21-18-12-17(26-4)9-10-19(18)27-5/h7-12,15H,1-6H3,(H,21,23)/t15-/m0/s1. The fraction of sp³-hybridized carbons (Fsp3) is 0.350. The Labute approximate surface area is 166 Å². The van der Waals surface area contributed by atoms with Crippen LogP contribution in [0.3, 0.4) is 0 Å². The lowest BCUT2D eigenvalue weighted by Crippen LogP contribution is -2.45. The SMILES string of the molecule is COc1ccc(OC)c(NC(=O)[C@H](C)N(c2ccc(C)c(C)c2)S(C)(=O)=O)c1. The fourth-order valence-electron chi connectivity index (χ4n) is 2.82. The smallest absolute Gasteiger partial charge is 0.248 e. The normalized spacial score (nSPS) is 12.2. The summed E-state index contributed by atoms with van der Waals surface area (Å²) in [7, 11) is -0.696. The molecule has 0 aromatic heterocycles. The van der Waals surface area contributed by atoms with Crippen molar-refractivity contribution in [3.05, 3.63) is 47.5 Å². The number of carbonyl (C=O) groups is 1. The maximum Gasteiger partial charge on any atom is 0.248 e. The zero-order valence-corrected chi connectivity index (χ0v) is 17.8. The van der Waals surface area contributed by atoms with Gasteiger partial charge in [0.05, 0.1) is 31.9 Å². The Hall–Kier alpha value is -2.74. The Morgan fingerprint density at radius 1 is 1.04 bits per heavy atom. The second-order valence-electron chi connectivity index (χ2n) is 6.56. The number of carbonyl (C=O) groups excluding carboxylic acids is 1. The van der Waals surface area contributed by atoms with E-state index in [1.807, 2.05) is 19.9 Å². The van der Waals surface area contributed by atoms with Gasteiger partial charge in [-0.15, -0.1) is 0 Å². The summed E-state index contributed by atoms with van der Waals surface area (Å²) < 4.78 is 36.5. The number of ether oxygens (including phenoxy) is 2. The van der Waals surface area contributed by atoms with E-state index < -0.39 is 22.0 Å². The van der Waals surface area contributed by atoms with Gasteiger partial charge in [0, 0.05) is 6.07 Å². The zero-order chi connectivity index (χ0) is 21.1. The number of hydrogen-bond donors (Lipinski definition) is 1. The lowest BCUT2D eigenvalue weighted by molar-refractivity contribution is -0.116. The minimum atomic E-state index is -3.70. The van der Waals surface area contributed by atoms with E-state index in [1.54, 1.807) is 30.3 Å². The van der Waals surface area contributed by atoms with Gasteiger partial charge in [0.1, 0.15) is 17.5 Å². The molecular formula is C20H26N2O5S. The van der Waals surface area contributed by atoms with Crippen LogP contribution in [0.25, 0.3) is 0 Å². The number of nitrogens with zero attached hydrogens (tertiary/aromatic N) is 1. The summed E-state index contributed by atoms with van der Waals surface area (Å²) in [6.07, 6.45) is 1.08. The van der Waals surface area contributed by atoms with Gasteiger partial charge in [0.25, 0.3) is 0 Å². The molecule has 0 fully saturated rings. The molecule has 0 spiro atoms. The van der Waals surface area contributed by atoms with Crippen molar-refractivity contribution in [3.8, 4) is 11.5 Å². The molecule has 0 aliphatic heterocycles. The van der Waals surface area contributed by atoms with Gasteiger partial charge < -0.3 is 14.8 Å². The van der Waals surface area contributed by atoms with Crippen molar-refractivity contribution < 1.29 is 22.7 Å². The highest BCUT2D eigenvalue weighted by molar-refractivity contribution is 7.92. The number of amides is 1. The first-order valence-electron chi connectivity index (χ1n) is 8.68. The average molecular weight is 407 g/mol. The van der Waals surface area contributed by atoms with E-state index >= 15 is 0 Å². The summed E-state index contributed by atoms with van der Waals surface area (Å²) in [6, 6.07) is 9.29. The number of nitrogens with one attached hydrogen (secondary N) is 1. The molecule has 1 N–H and O–H groups in total. The molecule has 0 unspecified atom stereocenters. The molecule has 2 aromatic carbocycles. The molecule has 8 heteroatoms. The highest BCUT2D eigenvalue weighted by Crippen LogP contribution is 2.30. The molecule has 28 heavy (non-hydrogen) atoms. The van der Waals surface area contributed by atoms with Crippen LogP contribution >= 0.6 is 0 Å². The van der Waals surface area contributed by atoms with Crippen molar-refractivity contribution in [3.63, 3.8) is 0 Å². The molecule has 1 atom stereocenters. The van der Waals surface area contributed by atoms with E-state index in [0.717, 1.165) is 21.7 Å². The summed E-state index contributed by atoms with van der Waals surface area (Å²) in [5, 5.41) is 2.73. The quantitative estimate of drug-likeness (QED) is 0.764. The minimum Gasteiger partial charge on any atom is -0.497 e. The van der Waals surface area contributed by atoms with Gasteiger partial charge in [0.2, 0.25) is 15.9 Å². The molecular weight excluding hydrogens is 380 g/mol. The third-order valence-corrected chi connectivity index (χ3v) is 5.74. The monoisotopic (exact) mass is 406 g/mol. The summed E-state index contributed by atoms with van der Waals surface area (Å²) >= 11 is 0. The highest BCUT2D eigenvalue weighted by atomic mass is 32.2. The van der Waals surface area contributed by atoms with Gasteiger partial charge in [0.15, 0.2) is 0 Å². The maximum absolute atomic E-state index is 12.9. The van der Waals surface area contributed by atoms with Crippen LogP contribution in [0.15, 0.2) is 36.4 Å². The number of sulfonamides is 1. The van der Waals surface area contributed by atoms with Gasteiger partial charge in [-0.25, -0.2) is 8.42 Å². The summed E-state index contributed by atoms with van der Waals surface area (Å²) in [6.45, 7) is 5.37. The predicted molar refractivity (Wildman–Crippen MR) is 111 cm³/mol. The van der Waals surface area contributed by atoms with Crippen molar-refractivity contribution in [1.82, 2.24) is 0 Å². The first kappa shape index (κ1) is 21.6. The lowest BCUT2D eigenvalue weighted by atomic mass is 10.1. The highest BCUT2D eigenvalue weighted by Gasteiger charge is 2.30. The number of hydrogen-bond acceptors (Lipinski definition) is 5. The van der Waals surface area contributed by atoms with E-state index in [1.165, 1.54) is 21.1 Å². The molecule has 7 nitrogen and oxygen atoms in total. The Balaban J connectivity index is 2.38. The van der Waals surface area contributed by atoms with E-state index in [2.05, 4.69) is 5.32 Å². The van der Waals surface area contributed by atoms with Gasteiger partial charge >= 0.3 is 0 Å². The Bertz CT molecular complexity index is 973. The molecule has 0 aliphatic carbocycles. The van der Waals surface area contributed by atoms with Crippen LogP contribution in [-0.2, 0) is 14.8 Å². The second kappa shape index (κ2) is 8.52. The second-order valence-corrected chi connectivity index (χ2v) is 8.42. The Morgan fingerprint density at radius 2 is 1.71 bits per heavy atom. The third-order valence-electron chi connectivity index (χ3n) is 4.50. The predicted octanol–water partition coefficient (Wildman–Crippen LogP) is 3.11. The van der Waals surface area contributed by atoms with Gasteiger partial charge in [-0.1, -0.05) is 6.07 Å². The molecule has 2 rings (SSSR count). The molecule has 0 aliphatic rings. The summed E-state index contributed by atoms with van der Waals surface area (Å²) in [5.41, 5.74) is 2.81. The van der Waals surface area contributed by atoms with Crippen LogP contribution in [0.2, 0.25) is 0 Å². The van der Waals surface area contributed by atoms with Gasteiger partial charge in [-0.05, 0) is 56.2 Å². The zero-order valence-electron chi connectivity index (χ0n) is 16.9. The topological polar surface area (TPSA) is 84.9 Å². The van der Waals surface area contributed by atoms with Crippen molar-refractivity contribution in [2.75, 3.05) is 30.1 Å². The maximum atomic E-state index is 12.9. The van der Waals surface area contributed by atoms with Crippen LogP contribution in [0.1, 0.15) is 18.1 Å². The Morgan fingerprint density at radius 3 is 2.25 bits per heavy atom. The minimum absolute atomic E-state index is 0.396. The third kappa shape index (κ3) is 4.75. The van der Waals surface area contributed by atoms with E-state index in [0.29, 0.717) is 22.9 Å². The largest absolute Gasteiger partial charge is 0.497 e. The summed E-state index contributed by atoms with van der Waals surface area (Å²) in [5.74, 6) is 0.492. The molecule has 0 saturated carbocycles. The molecule has 2 aromatic rings. The van der Waals surface area contributed by atoms with E-state index in [4.69, 9.17) is 9.47 Å². The lowest BCUT2D eigenvalue weighted by Gasteiger charge is -2.29. The van der Waals surface area contributed by atoms with Crippen LogP contribution in [-0.4, -0.2) is 40.8 Å². The first-order valence-corrected chi connectivity index (χ1v) is 10.5. The molecule has 0 radical (unpaired) electrons. The number of rotatable bonds is 7. The average Bonchev–Trinajstić information content (AvgIpc) is 2.63. The fourth-order valence-corrected chi connectivity index (χ4v) is 3.99. The number of aryl methyl sites for hydroxylation is 2. The molecule has 0 bridgehead atoms. The van der Waals surface area contributed by atoms with E-state index in [9.17, 15) is 13.2 Å². The summed E-state index contributed by atoms with van der Waals surface area (Å²) in [4.78, 5) is 12.9. The van der Waals surface area contributed by atoms with Crippen LogP contribution in [0.5, 0.6) is 11.5 Å².